The van der Waals surface area contributed by atoms with E-state index in [0.717, 1.165) is 22.1 Å². The highest BCUT2D eigenvalue weighted by atomic mass is 79.9. The van der Waals surface area contributed by atoms with Crippen molar-refractivity contribution in [3.63, 3.8) is 0 Å². The van der Waals surface area contributed by atoms with Gasteiger partial charge in [0.25, 0.3) is 0 Å². The molecular formula is C16H15BrN2S. The van der Waals surface area contributed by atoms with Gasteiger partial charge < -0.3 is 5.32 Å². The van der Waals surface area contributed by atoms with Gasteiger partial charge in [0.15, 0.2) is 0 Å². The fourth-order valence-corrected chi connectivity index (χ4v) is 3.24. The molecule has 0 aliphatic carbocycles. The average molecular weight is 347 g/mol. The van der Waals surface area contributed by atoms with E-state index in [-0.39, 0.29) is 0 Å². The number of nitrogens with zero attached hydrogens (tertiary/aromatic N) is 1. The minimum absolute atomic E-state index is 0.327. The fourth-order valence-electron chi connectivity index (χ4n) is 2.26. The fraction of sp³-hybridized carbons (Fsp3) is 0.188. The first-order chi connectivity index (χ1) is 9.76. The quantitative estimate of drug-likeness (QED) is 0.662. The number of halogens is 1. The minimum Gasteiger partial charge on any atom is -0.378 e. The van der Waals surface area contributed by atoms with Gasteiger partial charge >= 0.3 is 0 Å². The Hall–Kier alpha value is -1.39. The number of benzene rings is 2. The Bertz CT molecular complexity index is 706. The molecule has 0 bridgehead atoms. The second kappa shape index (κ2) is 5.94. The van der Waals surface area contributed by atoms with Crippen LogP contribution in [0.1, 0.15) is 24.9 Å². The standard InChI is InChI=1S/C16H15BrN2S/c1-2-14(11-3-5-12(17)6-4-11)19-13-7-8-15-16(9-13)20-10-18-15/h3-10,14,19H,2H2,1H3. The lowest BCUT2D eigenvalue weighted by Gasteiger charge is -2.19. The van der Waals surface area contributed by atoms with Gasteiger partial charge in [0.2, 0.25) is 0 Å². The Morgan fingerprint density at radius 3 is 2.75 bits per heavy atom. The number of aromatic nitrogens is 1. The highest BCUT2D eigenvalue weighted by Gasteiger charge is 2.09. The highest BCUT2D eigenvalue weighted by molar-refractivity contribution is 9.10. The summed E-state index contributed by atoms with van der Waals surface area (Å²) < 4.78 is 2.34. The maximum atomic E-state index is 4.31. The number of hydrogen-bond acceptors (Lipinski definition) is 3. The summed E-state index contributed by atoms with van der Waals surface area (Å²) in [6, 6.07) is 15.2. The predicted molar refractivity (Wildman–Crippen MR) is 90.4 cm³/mol. The van der Waals surface area contributed by atoms with Crippen LogP contribution in [0.25, 0.3) is 10.2 Å². The third-order valence-electron chi connectivity index (χ3n) is 3.35. The van der Waals surface area contributed by atoms with Crippen LogP contribution in [0.4, 0.5) is 5.69 Å². The molecule has 0 aliphatic rings. The molecule has 0 aliphatic heterocycles. The Kier molecular flexibility index (Phi) is 4.03. The lowest BCUT2D eigenvalue weighted by Crippen LogP contribution is -2.09. The Morgan fingerprint density at radius 1 is 1.20 bits per heavy atom. The third kappa shape index (κ3) is 2.86. The van der Waals surface area contributed by atoms with Crippen molar-refractivity contribution in [1.29, 1.82) is 0 Å². The summed E-state index contributed by atoms with van der Waals surface area (Å²) in [5.41, 5.74) is 5.41. The van der Waals surface area contributed by atoms with Crippen molar-refractivity contribution in [3.05, 3.63) is 58.0 Å². The van der Waals surface area contributed by atoms with Crippen LogP contribution in [0.15, 0.2) is 52.4 Å². The monoisotopic (exact) mass is 346 g/mol. The molecule has 0 saturated heterocycles. The zero-order chi connectivity index (χ0) is 13.9. The van der Waals surface area contributed by atoms with E-state index in [4.69, 9.17) is 0 Å². The molecule has 3 aromatic rings. The molecule has 3 rings (SSSR count). The van der Waals surface area contributed by atoms with Gasteiger partial charge in [0.1, 0.15) is 0 Å². The van der Waals surface area contributed by atoms with Crippen LogP contribution in [0.2, 0.25) is 0 Å². The normalized spacial score (nSPS) is 12.5. The number of nitrogens with one attached hydrogen (secondary N) is 1. The Labute approximate surface area is 131 Å². The van der Waals surface area contributed by atoms with Crippen LogP contribution >= 0.6 is 27.3 Å². The Morgan fingerprint density at radius 2 is 2.00 bits per heavy atom. The van der Waals surface area contributed by atoms with Gasteiger partial charge in [-0.05, 0) is 42.3 Å². The van der Waals surface area contributed by atoms with Gasteiger partial charge in [-0.2, -0.15) is 0 Å². The highest BCUT2D eigenvalue weighted by Crippen LogP contribution is 2.27. The number of fused-ring (bicyclic) bond motifs is 1. The van der Waals surface area contributed by atoms with Crippen LogP contribution in [0.3, 0.4) is 0 Å². The SMILES string of the molecule is CCC(Nc1ccc2ncsc2c1)c1ccc(Br)cc1. The smallest absolute Gasteiger partial charge is 0.0813 e. The van der Waals surface area contributed by atoms with E-state index in [9.17, 15) is 0 Å². The number of thiazole rings is 1. The summed E-state index contributed by atoms with van der Waals surface area (Å²) in [5.74, 6) is 0. The van der Waals surface area contributed by atoms with E-state index < -0.39 is 0 Å². The first-order valence-electron chi connectivity index (χ1n) is 6.61. The molecule has 1 heterocycles. The van der Waals surface area contributed by atoms with Gasteiger partial charge in [-0.25, -0.2) is 4.98 Å². The molecule has 1 atom stereocenters. The van der Waals surface area contributed by atoms with E-state index in [0.29, 0.717) is 6.04 Å². The van der Waals surface area contributed by atoms with Crippen LogP contribution in [-0.2, 0) is 0 Å². The minimum atomic E-state index is 0.327. The van der Waals surface area contributed by atoms with E-state index in [1.165, 1.54) is 10.3 Å². The van der Waals surface area contributed by atoms with Crippen LogP contribution in [0, 0.1) is 0 Å². The van der Waals surface area contributed by atoms with Crippen LogP contribution in [-0.4, -0.2) is 4.98 Å². The molecule has 0 saturated carbocycles. The maximum Gasteiger partial charge on any atom is 0.0813 e. The van der Waals surface area contributed by atoms with Crippen LogP contribution < -0.4 is 5.32 Å². The first kappa shape index (κ1) is 13.6. The number of anilines is 1. The van der Waals surface area contributed by atoms with Crippen molar-refractivity contribution in [2.75, 3.05) is 5.32 Å². The van der Waals surface area contributed by atoms with Gasteiger partial charge in [-0.1, -0.05) is 35.0 Å². The molecule has 0 fully saturated rings. The van der Waals surface area contributed by atoms with Crippen molar-refractivity contribution < 1.29 is 0 Å². The van der Waals surface area contributed by atoms with E-state index in [2.05, 4.69) is 75.6 Å². The first-order valence-corrected chi connectivity index (χ1v) is 8.29. The van der Waals surface area contributed by atoms with E-state index >= 15 is 0 Å². The molecule has 1 aromatic heterocycles. The molecule has 0 radical (unpaired) electrons. The second-order valence-corrected chi connectivity index (χ2v) is 6.49. The van der Waals surface area contributed by atoms with Crippen molar-refractivity contribution in [3.8, 4) is 0 Å². The summed E-state index contributed by atoms with van der Waals surface area (Å²) in [6.07, 6.45) is 1.04. The molecule has 2 nitrogen and oxygen atoms in total. The summed E-state index contributed by atoms with van der Waals surface area (Å²) in [5, 5.41) is 3.61. The summed E-state index contributed by atoms with van der Waals surface area (Å²) in [7, 11) is 0. The van der Waals surface area contributed by atoms with Crippen molar-refractivity contribution in [1.82, 2.24) is 4.98 Å². The van der Waals surface area contributed by atoms with Gasteiger partial charge in [0, 0.05) is 10.2 Å². The molecule has 102 valence electrons. The van der Waals surface area contributed by atoms with Crippen molar-refractivity contribution >= 4 is 43.2 Å². The second-order valence-electron chi connectivity index (χ2n) is 4.69. The topological polar surface area (TPSA) is 24.9 Å². The predicted octanol–water partition coefficient (Wildman–Crippen LogP) is 5.62. The largest absolute Gasteiger partial charge is 0.378 e. The maximum absolute atomic E-state index is 4.31. The molecular weight excluding hydrogens is 332 g/mol. The summed E-state index contributed by atoms with van der Waals surface area (Å²) >= 11 is 5.16. The number of hydrogen-bond donors (Lipinski definition) is 1. The van der Waals surface area contributed by atoms with Crippen LogP contribution in [0.5, 0.6) is 0 Å². The third-order valence-corrected chi connectivity index (χ3v) is 4.67. The number of rotatable bonds is 4. The zero-order valence-electron chi connectivity index (χ0n) is 11.1. The van der Waals surface area contributed by atoms with Crippen molar-refractivity contribution in [2.45, 2.75) is 19.4 Å². The molecule has 1 N–H and O–H groups in total. The van der Waals surface area contributed by atoms with Crippen molar-refractivity contribution in [2.24, 2.45) is 0 Å². The zero-order valence-corrected chi connectivity index (χ0v) is 13.5. The molecule has 4 heteroatoms. The summed E-state index contributed by atoms with van der Waals surface area (Å²) in [6.45, 7) is 2.20. The molecule has 1 unspecified atom stereocenters. The van der Waals surface area contributed by atoms with E-state index in [1.807, 2.05) is 5.51 Å². The molecule has 0 amide bonds. The summed E-state index contributed by atoms with van der Waals surface area (Å²) in [4.78, 5) is 4.31. The molecule has 0 spiro atoms. The lowest BCUT2D eigenvalue weighted by molar-refractivity contribution is 0.749. The Balaban J connectivity index is 1.84. The van der Waals surface area contributed by atoms with Gasteiger partial charge in [0.05, 0.1) is 21.8 Å². The molecule has 2 aromatic carbocycles. The van der Waals surface area contributed by atoms with Gasteiger partial charge in [-0.3, -0.25) is 0 Å². The molecule has 20 heavy (non-hydrogen) atoms. The lowest BCUT2D eigenvalue weighted by atomic mass is 10.0. The van der Waals surface area contributed by atoms with Gasteiger partial charge in [-0.15, -0.1) is 11.3 Å². The van der Waals surface area contributed by atoms with E-state index in [1.54, 1.807) is 11.3 Å². The average Bonchev–Trinajstić information content (AvgIpc) is 2.93.